The third-order valence-electron chi connectivity index (χ3n) is 4.10. The molecule has 0 radical (unpaired) electrons. The molecule has 4 rings (SSSR count). The minimum atomic E-state index is -0.567. The summed E-state index contributed by atoms with van der Waals surface area (Å²) in [5, 5.41) is 3.22. The van der Waals surface area contributed by atoms with E-state index in [1.54, 1.807) is 30.3 Å². The van der Waals surface area contributed by atoms with Gasteiger partial charge in [0.05, 0.1) is 10.2 Å². The van der Waals surface area contributed by atoms with Crippen molar-refractivity contribution in [3.8, 4) is 0 Å². The highest BCUT2D eigenvalue weighted by atomic mass is 79.9. The fourth-order valence-corrected chi connectivity index (χ4v) is 4.63. The van der Waals surface area contributed by atoms with Gasteiger partial charge in [0, 0.05) is 9.37 Å². The molecule has 1 N–H and O–H groups in total. The second kappa shape index (κ2) is 8.89. The summed E-state index contributed by atoms with van der Waals surface area (Å²) in [6, 6.07) is 18.5. The maximum absolute atomic E-state index is 13.1. The van der Waals surface area contributed by atoms with E-state index in [4.69, 9.17) is 16.6 Å². The molecule has 0 aliphatic carbocycles. The zero-order chi connectivity index (χ0) is 21.3. The first kappa shape index (κ1) is 21.0. The molecule has 1 aliphatic rings. The van der Waals surface area contributed by atoms with Crippen molar-refractivity contribution in [3.05, 3.63) is 80.9 Å². The number of rotatable bonds is 4. The molecule has 5 nitrogen and oxygen atoms in total. The number of amides is 2. The minimum Gasteiger partial charge on any atom is -0.449 e. The SMILES string of the molecule is O=C1NC(=S)N(c2ccc(Br)cc2)C(=O)/C1=C/c1cc(Br)c(Sc2ccccc2)o1. The normalized spacial score (nSPS) is 15.6. The van der Waals surface area contributed by atoms with Crippen LogP contribution >= 0.6 is 55.8 Å². The van der Waals surface area contributed by atoms with E-state index < -0.39 is 11.8 Å². The fourth-order valence-electron chi connectivity index (χ4n) is 2.73. The molecular weight excluding hydrogens is 552 g/mol. The van der Waals surface area contributed by atoms with Gasteiger partial charge in [-0.3, -0.25) is 19.8 Å². The second-order valence-corrected chi connectivity index (χ2v) is 9.34. The van der Waals surface area contributed by atoms with Gasteiger partial charge in [0.2, 0.25) is 0 Å². The smallest absolute Gasteiger partial charge is 0.270 e. The van der Waals surface area contributed by atoms with Crippen LogP contribution in [0.4, 0.5) is 5.69 Å². The Hall–Kier alpha value is -2.20. The number of halogens is 2. The lowest BCUT2D eigenvalue weighted by molar-refractivity contribution is -0.122. The van der Waals surface area contributed by atoms with Crippen LogP contribution in [0.15, 0.2) is 89.6 Å². The number of hydrogen-bond acceptors (Lipinski definition) is 5. The summed E-state index contributed by atoms with van der Waals surface area (Å²) >= 11 is 13.5. The molecule has 0 saturated carbocycles. The first-order chi connectivity index (χ1) is 14.4. The van der Waals surface area contributed by atoms with Gasteiger partial charge in [0.1, 0.15) is 11.3 Å². The van der Waals surface area contributed by atoms with Gasteiger partial charge in [-0.25, -0.2) is 0 Å². The average molecular weight is 564 g/mol. The van der Waals surface area contributed by atoms with Crippen LogP contribution in [-0.4, -0.2) is 16.9 Å². The molecule has 2 amide bonds. The van der Waals surface area contributed by atoms with Crippen LogP contribution in [0, 0.1) is 0 Å². The van der Waals surface area contributed by atoms with Crippen molar-refractivity contribution in [2.75, 3.05) is 4.90 Å². The number of carbonyl (C=O) groups excluding carboxylic acids is 2. The predicted octanol–water partition coefficient (Wildman–Crippen LogP) is 5.79. The molecule has 0 spiro atoms. The number of thiocarbonyl (C=S) groups is 1. The molecule has 2 aromatic carbocycles. The molecule has 1 saturated heterocycles. The lowest BCUT2D eigenvalue weighted by Crippen LogP contribution is -2.54. The number of benzene rings is 2. The van der Waals surface area contributed by atoms with Crippen molar-refractivity contribution >= 4 is 84.5 Å². The number of hydrogen-bond donors (Lipinski definition) is 1. The lowest BCUT2D eigenvalue weighted by atomic mass is 10.1. The van der Waals surface area contributed by atoms with Crippen LogP contribution in [0.3, 0.4) is 0 Å². The Labute approximate surface area is 198 Å². The molecule has 30 heavy (non-hydrogen) atoms. The molecule has 150 valence electrons. The lowest BCUT2D eigenvalue weighted by Gasteiger charge is -2.28. The van der Waals surface area contributed by atoms with Gasteiger partial charge in [-0.2, -0.15) is 0 Å². The van der Waals surface area contributed by atoms with E-state index >= 15 is 0 Å². The predicted molar refractivity (Wildman–Crippen MR) is 127 cm³/mol. The maximum Gasteiger partial charge on any atom is 0.270 e. The first-order valence-electron chi connectivity index (χ1n) is 8.61. The zero-order valence-corrected chi connectivity index (χ0v) is 19.9. The summed E-state index contributed by atoms with van der Waals surface area (Å²) in [5.74, 6) is -0.707. The van der Waals surface area contributed by atoms with Crippen molar-refractivity contribution in [3.63, 3.8) is 0 Å². The van der Waals surface area contributed by atoms with Gasteiger partial charge < -0.3 is 4.42 Å². The molecular formula is C21H12Br2N2O3S2. The maximum atomic E-state index is 13.1. The monoisotopic (exact) mass is 562 g/mol. The third-order valence-corrected chi connectivity index (χ3v) is 6.76. The molecule has 0 unspecified atom stereocenters. The van der Waals surface area contributed by atoms with E-state index in [-0.39, 0.29) is 10.7 Å². The Morgan fingerprint density at radius 3 is 2.43 bits per heavy atom. The quantitative estimate of drug-likeness (QED) is 0.247. The number of anilines is 1. The van der Waals surface area contributed by atoms with Crippen LogP contribution in [0.5, 0.6) is 0 Å². The van der Waals surface area contributed by atoms with Gasteiger partial charge >= 0.3 is 0 Å². The molecule has 3 aromatic rings. The number of carbonyl (C=O) groups is 2. The first-order valence-corrected chi connectivity index (χ1v) is 11.4. The largest absolute Gasteiger partial charge is 0.449 e. The Morgan fingerprint density at radius 1 is 1.03 bits per heavy atom. The van der Waals surface area contributed by atoms with Crippen LogP contribution in [-0.2, 0) is 9.59 Å². The molecule has 1 fully saturated rings. The summed E-state index contributed by atoms with van der Waals surface area (Å²) in [4.78, 5) is 27.8. The Bertz CT molecular complexity index is 1170. The Kier molecular flexibility index (Phi) is 6.24. The van der Waals surface area contributed by atoms with Gasteiger partial charge in [-0.05, 0) is 76.7 Å². The van der Waals surface area contributed by atoms with Crippen molar-refractivity contribution in [1.82, 2.24) is 5.32 Å². The molecule has 9 heteroatoms. The van der Waals surface area contributed by atoms with Crippen LogP contribution in [0.2, 0.25) is 0 Å². The van der Waals surface area contributed by atoms with E-state index in [9.17, 15) is 9.59 Å². The topological polar surface area (TPSA) is 62.6 Å². The van der Waals surface area contributed by atoms with Gasteiger partial charge in [-0.1, -0.05) is 45.9 Å². The highest BCUT2D eigenvalue weighted by Gasteiger charge is 2.34. The van der Waals surface area contributed by atoms with E-state index in [2.05, 4.69) is 37.2 Å². The molecule has 1 aliphatic heterocycles. The minimum absolute atomic E-state index is 0.0328. The Morgan fingerprint density at radius 2 is 1.73 bits per heavy atom. The van der Waals surface area contributed by atoms with Crippen LogP contribution in [0.25, 0.3) is 6.08 Å². The van der Waals surface area contributed by atoms with Crippen LogP contribution in [0.1, 0.15) is 5.76 Å². The summed E-state index contributed by atoms with van der Waals surface area (Å²) < 4.78 is 7.45. The highest BCUT2D eigenvalue weighted by molar-refractivity contribution is 9.10. The summed E-state index contributed by atoms with van der Waals surface area (Å²) in [5.41, 5.74) is 0.490. The standard InChI is InChI=1S/C21H12Br2N2O3S2/c22-12-6-8-13(9-7-12)25-19(27)16(18(26)24-21(25)29)10-14-11-17(23)20(28-14)30-15-4-2-1-3-5-15/h1-11H,(H,24,26,29)/b16-10+. The zero-order valence-electron chi connectivity index (χ0n) is 15.1. The van der Waals surface area contributed by atoms with Gasteiger partial charge in [-0.15, -0.1) is 0 Å². The van der Waals surface area contributed by atoms with E-state index in [0.717, 1.165) is 13.8 Å². The number of nitrogens with zero attached hydrogens (tertiary/aromatic N) is 1. The number of furan rings is 1. The van der Waals surface area contributed by atoms with E-state index in [1.165, 1.54) is 22.7 Å². The highest BCUT2D eigenvalue weighted by Crippen LogP contribution is 2.36. The van der Waals surface area contributed by atoms with Gasteiger partial charge in [0.15, 0.2) is 10.2 Å². The van der Waals surface area contributed by atoms with E-state index in [1.807, 2.05) is 30.3 Å². The third kappa shape index (κ3) is 4.44. The molecule has 0 atom stereocenters. The van der Waals surface area contributed by atoms with Crippen molar-refractivity contribution in [2.45, 2.75) is 9.99 Å². The average Bonchev–Trinajstić information content (AvgIpc) is 3.06. The number of nitrogens with one attached hydrogen (secondary N) is 1. The Balaban J connectivity index is 1.64. The van der Waals surface area contributed by atoms with Gasteiger partial charge in [0.25, 0.3) is 11.8 Å². The van der Waals surface area contributed by atoms with Crippen molar-refractivity contribution in [1.29, 1.82) is 0 Å². The fraction of sp³-hybridized carbons (Fsp3) is 0. The van der Waals surface area contributed by atoms with Crippen molar-refractivity contribution < 1.29 is 14.0 Å². The van der Waals surface area contributed by atoms with E-state index in [0.29, 0.717) is 16.5 Å². The summed E-state index contributed by atoms with van der Waals surface area (Å²) in [7, 11) is 0. The molecule has 2 heterocycles. The van der Waals surface area contributed by atoms with Crippen molar-refractivity contribution in [2.24, 2.45) is 0 Å². The van der Waals surface area contributed by atoms with Crippen LogP contribution < -0.4 is 10.2 Å². The second-order valence-electron chi connectivity index (χ2n) is 6.13. The summed E-state index contributed by atoms with van der Waals surface area (Å²) in [6.07, 6.45) is 1.42. The molecule has 1 aromatic heterocycles. The molecule has 0 bridgehead atoms. The summed E-state index contributed by atoms with van der Waals surface area (Å²) in [6.45, 7) is 0.